The summed E-state index contributed by atoms with van der Waals surface area (Å²) in [5, 5.41) is 0. The molecule has 0 atom stereocenters. The van der Waals surface area contributed by atoms with Gasteiger partial charge in [-0.1, -0.05) is 11.3 Å². The molecule has 0 aliphatic heterocycles. The Morgan fingerprint density at radius 1 is 1.45 bits per heavy atom. The molecule has 0 bridgehead atoms. The summed E-state index contributed by atoms with van der Waals surface area (Å²) in [4.78, 5) is 17.2. The van der Waals surface area contributed by atoms with Gasteiger partial charge < -0.3 is 9.55 Å². The van der Waals surface area contributed by atoms with Crippen LogP contribution in [0.5, 0.6) is 0 Å². The van der Waals surface area contributed by atoms with E-state index in [9.17, 15) is 13.2 Å². The average molecular weight is 316 g/mol. The maximum atomic E-state index is 12.0. The van der Waals surface area contributed by atoms with Crippen LogP contribution in [0, 0.1) is 6.92 Å². The standard InChI is InChI=1S/C11H16N4O3S2/c1-9-10(19-11(16)14-9)20(17,18)13-4-2-3-6-15-7-5-12-8-15/h5,7-8,13H,2-4,6H2,1H3,(H,14,16). The average Bonchev–Trinajstić information content (AvgIpc) is 2.98. The largest absolute Gasteiger partial charge is 0.337 e. The highest BCUT2D eigenvalue weighted by atomic mass is 32.2. The van der Waals surface area contributed by atoms with Crippen molar-refractivity contribution in [3.05, 3.63) is 34.1 Å². The Morgan fingerprint density at radius 2 is 2.25 bits per heavy atom. The van der Waals surface area contributed by atoms with Crippen LogP contribution in [-0.2, 0) is 16.6 Å². The van der Waals surface area contributed by atoms with Crippen LogP contribution in [0.2, 0.25) is 0 Å². The van der Waals surface area contributed by atoms with Gasteiger partial charge in [0.05, 0.1) is 6.33 Å². The maximum absolute atomic E-state index is 12.0. The molecular weight excluding hydrogens is 300 g/mol. The van der Waals surface area contributed by atoms with Crippen LogP contribution >= 0.6 is 11.3 Å². The topological polar surface area (TPSA) is 96.9 Å². The summed E-state index contributed by atoms with van der Waals surface area (Å²) in [6, 6.07) is 0. The van der Waals surface area contributed by atoms with Crippen molar-refractivity contribution in [2.75, 3.05) is 6.54 Å². The van der Waals surface area contributed by atoms with Gasteiger partial charge in [0.2, 0.25) is 0 Å². The molecule has 0 saturated heterocycles. The SMILES string of the molecule is Cc1[nH]c(=O)sc1S(=O)(=O)NCCCCn1ccnc1. The number of nitrogens with one attached hydrogen (secondary N) is 2. The van der Waals surface area contributed by atoms with Crippen molar-refractivity contribution in [2.45, 2.75) is 30.5 Å². The fraction of sp³-hybridized carbons (Fsp3) is 0.455. The molecule has 2 rings (SSSR count). The van der Waals surface area contributed by atoms with E-state index in [4.69, 9.17) is 0 Å². The monoisotopic (exact) mass is 316 g/mol. The summed E-state index contributed by atoms with van der Waals surface area (Å²) in [7, 11) is -3.59. The van der Waals surface area contributed by atoms with Crippen LogP contribution in [0.4, 0.5) is 0 Å². The van der Waals surface area contributed by atoms with E-state index in [1.165, 1.54) is 0 Å². The molecule has 0 radical (unpaired) electrons. The van der Waals surface area contributed by atoms with E-state index in [0.717, 1.165) is 19.4 Å². The van der Waals surface area contributed by atoms with Gasteiger partial charge in [-0.2, -0.15) is 0 Å². The lowest BCUT2D eigenvalue weighted by Gasteiger charge is -2.05. The first-order valence-electron chi connectivity index (χ1n) is 6.14. The van der Waals surface area contributed by atoms with Gasteiger partial charge in [0, 0.05) is 31.2 Å². The van der Waals surface area contributed by atoms with Gasteiger partial charge >= 0.3 is 4.87 Å². The summed E-state index contributed by atoms with van der Waals surface area (Å²) >= 11 is 0.709. The highest BCUT2D eigenvalue weighted by Crippen LogP contribution is 2.15. The molecule has 0 amide bonds. The van der Waals surface area contributed by atoms with Crippen molar-refractivity contribution in [3.63, 3.8) is 0 Å². The number of aromatic nitrogens is 3. The van der Waals surface area contributed by atoms with Crippen molar-refractivity contribution >= 4 is 21.4 Å². The number of unbranched alkanes of at least 4 members (excludes halogenated alkanes) is 1. The van der Waals surface area contributed by atoms with Gasteiger partial charge in [-0.05, 0) is 19.8 Å². The third-order valence-electron chi connectivity index (χ3n) is 2.72. The second kappa shape index (κ2) is 6.33. The van der Waals surface area contributed by atoms with Crippen molar-refractivity contribution in [2.24, 2.45) is 0 Å². The highest BCUT2D eigenvalue weighted by Gasteiger charge is 2.19. The molecule has 2 N–H and O–H groups in total. The lowest BCUT2D eigenvalue weighted by molar-refractivity contribution is 0.567. The summed E-state index contributed by atoms with van der Waals surface area (Å²) in [6.07, 6.45) is 6.87. The number of sulfonamides is 1. The zero-order chi connectivity index (χ0) is 14.6. The molecule has 0 saturated carbocycles. The fourth-order valence-electron chi connectivity index (χ4n) is 1.76. The zero-order valence-electron chi connectivity index (χ0n) is 11.0. The van der Waals surface area contributed by atoms with E-state index in [1.807, 2.05) is 10.8 Å². The zero-order valence-corrected chi connectivity index (χ0v) is 12.6. The quantitative estimate of drug-likeness (QED) is 0.735. The number of nitrogens with zero attached hydrogens (tertiary/aromatic N) is 2. The molecule has 2 heterocycles. The Labute approximate surface area is 120 Å². The summed E-state index contributed by atoms with van der Waals surface area (Å²) < 4.78 is 28.5. The van der Waals surface area contributed by atoms with Crippen LogP contribution < -0.4 is 9.60 Å². The van der Waals surface area contributed by atoms with Crippen molar-refractivity contribution < 1.29 is 8.42 Å². The Morgan fingerprint density at radius 3 is 2.85 bits per heavy atom. The van der Waals surface area contributed by atoms with E-state index < -0.39 is 10.0 Å². The van der Waals surface area contributed by atoms with Crippen LogP contribution in [0.3, 0.4) is 0 Å². The number of aryl methyl sites for hydroxylation is 2. The minimum absolute atomic E-state index is 0.0668. The Kier molecular flexibility index (Phi) is 4.73. The number of thiazole rings is 1. The molecule has 9 heteroatoms. The van der Waals surface area contributed by atoms with Gasteiger partial charge in [0.25, 0.3) is 10.0 Å². The second-order valence-electron chi connectivity index (χ2n) is 4.33. The molecular formula is C11H16N4O3S2. The lowest BCUT2D eigenvalue weighted by Crippen LogP contribution is -2.24. The first kappa shape index (κ1) is 14.9. The lowest BCUT2D eigenvalue weighted by atomic mass is 10.3. The molecule has 0 aliphatic rings. The Hall–Kier alpha value is -1.45. The third kappa shape index (κ3) is 3.78. The van der Waals surface area contributed by atoms with Gasteiger partial charge in [-0.15, -0.1) is 0 Å². The van der Waals surface area contributed by atoms with Crippen LogP contribution in [0.25, 0.3) is 0 Å². The maximum Gasteiger partial charge on any atom is 0.305 e. The molecule has 0 aromatic carbocycles. The molecule has 0 unspecified atom stereocenters. The molecule has 110 valence electrons. The molecule has 20 heavy (non-hydrogen) atoms. The second-order valence-corrected chi connectivity index (χ2v) is 7.28. The number of hydrogen-bond acceptors (Lipinski definition) is 5. The normalized spacial score (nSPS) is 11.8. The molecule has 0 aliphatic carbocycles. The van der Waals surface area contributed by atoms with Gasteiger partial charge in [-0.25, -0.2) is 18.1 Å². The third-order valence-corrected chi connectivity index (χ3v) is 5.79. The Bertz CT molecular complexity index is 700. The summed E-state index contributed by atoms with van der Waals surface area (Å²) in [5.41, 5.74) is 0.380. The van der Waals surface area contributed by atoms with Crippen molar-refractivity contribution in [1.29, 1.82) is 0 Å². The van der Waals surface area contributed by atoms with E-state index in [2.05, 4.69) is 14.7 Å². The molecule has 0 fully saturated rings. The van der Waals surface area contributed by atoms with E-state index >= 15 is 0 Å². The number of H-pyrrole nitrogens is 1. The summed E-state index contributed by atoms with van der Waals surface area (Å²) in [5.74, 6) is 0. The highest BCUT2D eigenvalue weighted by molar-refractivity contribution is 7.91. The number of hydrogen-bond donors (Lipinski definition) is 2. The first-order chi connectivity index (χ1) is 9.49. The Balaban J connectivity index is 1.81. The molecule has 0 spiro atoms. The molecule has 2 aromatic heterocycles. The number of imidazole rings is 1. The minimum atomic E-state index is -3.59. The first-order valence-corrected chi connectivity index (χ1v) is 8.44. The number of rotatable bonds is 7. The summed E-state index contributed by atoms with van der Waals surface area (Å²) in [6.45, 7) is 2.73. The molecule has 2 aromatic rings. The van der Waals surface area contributed by atoms with Gasteiger partial charge in [0.15, 0.2) is 4.21 Å². The predicted molar refractivity (Wildman–Crippen MR) is 76.3 cm³/mol. The number of aromatic amines is 1. The van der Waals surface area contributed by atoms with E-state index in [-0.39, 0.29) is 9.08 Å². The van der Waals surface area contributed by atoms with E-state index in [0.29, 0.717) is 23.6 Å². The van der Waals surface area contributed by atoms with Gasteiger partial charge in [0.1, 0.15) is 0 Å². The van der Waals surface area contributed by atoms with Crippen molar-refractivity contribution in [3.8, 4) is 0 Å². The van der Waals surface area contributed by atoms with E-state index in [1.54, 1.807) is 19.4 Å². The van der Waals surface area contributed by atoms with Crippen LogP contribution in [-0.4, -0.2) is 29.5 Å². The fourth-order valence-corrected chi connectivity index (χ4v) is 4.17. The van der Waals surface area contributed by atoms with Crippen molar-refractivity contribution in [1.82, 2.24) is 19.3 Å². The van der Waals surface area contributed by atoms with Crippen LogP contribution in [0.15, 0.2) is 27.7 Å². The van der Waals surface area contributed by atoms with Crippen LogP contribution in [0.1, 0.15) is 18.5 Å². The predicted octanol–water partition coefficient (Wildman–Crippen LogP) is 0.700. The van der Waals surface area contributed by atoms with Gasteiger partial charge in [-0.3, -0.25) is 4.79 Å². The smallest absolute Gasteiger partial charge is 0.305 e. The minimum Gasteiger partial charge on any atom is -0.337 e. The molecule has 7 nitrogen and oxygen atoms in total.